The van der Waals surface area contributed by atoms with E-state index in [1.54, 1.807) is 6.07 Å². The summed E-state index contributed by atoms with van der Waals surface area (Å²) in [6, 6.07) is 2.82. The van der Waals surface area contributed by atoms with Gasteiger partial charge >= 0.3 is 0 Å². The van der Waals surface area contributed by atoms with Crippen molar-refractivity contribution in [2.24, 2.45) is 0 Å². The van der Waals surface area contributed by atoms with Crippen LogP contribution >= 0.6 is 11.6 Å². The second-order valence-electron chi connectivity index (χ2n) is 3.94. The molecule has 16 heavy (non-hydrogen) atoms. The van der Waals surface area contributed by atoms with Crippen LogP contribution in [0.5, 0.6) is 0 Å². The fraction of sp³-hybridized carbons (Fsp3) is 0.455. The van der Waals surface area contributed by atoms with E-state index in [0.717, 1.165) is 6.42 Å². The Bertz CT molecular complexity index is 424. The number of pyridine rings is 1. The Morgan fingerprint density at radius 3 is 2.81 bits per heavy atom. The smallest absolute Gasteiger partial charge is 0.251 e. The number of hydrogen-bond acceptors (Lipinski definition) is 2. The second kappa shape index (κ2) is 5.16. The summed E-state index contributed by atoms with van der Waals surface area (Å²) in [5.41, 5.74) is -0.397. The largest absolute Gasteiger partial charge is 0.346 e. The van der Waals surface area contributed by atoms with Crippen LogP contribution in [0, 0.1) is 0 Å². The van der Waals surface area contributed by atoms with Crippen molar-refractivity contribution >= 4 is 17.5 Å². The van der Waals surface area contributed by atoms with E-state index in [2.05, 4.69) is 10.3 Å². The van der Waals surface area contributed by atoms with Crippen LogP contribution in [0.15, 0.2) is 23.1 Å². The summed E-state index contributed by atoms with van der Waals surface area (Å²) in [6.45, 7) is 3.81. The number of aromatic amines is 1. The third-order valence-electron chi connectivity index (χ3n) is 2.53. The lowest BCUT2D eigenvalue weighted by atomic mass is 10.0. The molecule has 1 heterocycles. The SMILES string of the molecule is CCC(C)(CCl)NC(=O)c1cc[nH]c(=O)c1. The lowest BCUT2D eigenvalue weighted by molar-refractivity contribution is 0.0912. The highest BCUT2D eigenvalue weighted by Crippen LogP contribution is 2.12. The van der Waals surface area contributed by atoms with Crippen molar-refractivity contribution in [2.45, 2.75) is 25.8 Å². The van der Waals surface area contributed by atoms with Crippen molar-refractivity contribution in [3.63, 3.8) is 0 Å². The lowest BCUT2D eigenvalue weighted by Crippen LogP contribution is -2.47. The molecule has 2 N–H and O–H groups in total. The Labute approximate surface area is 99.0 Å². The molecular formula is C11H15ClN2O2. The Morgan fingerprint density at radius 2 is 2.31 bits per heavy atom. The minimum absolute atomic E-state index is 0.281. The van der Waals surface area contributed by atoms with Gasteiger partial charge in [0.2, 0.25) is 5.56 Å². The molecule has 0 bridgehead atoms. The molecule has 1 amide bonds. The van der Waals surface area contributed by atoms with Crippen LogP contribution in [0.2, 0.25) is 0 Å². The molecule has 88 valence electrons. The van der Waals surface area contributed by atoms with Crippen LogP contribution in [0.25, 0.3) is 0 Å². The van der Waals surface area contributed by atoms with Gasteiger partial charge in [-0.05, 0) is 19.4 Å². The van der Waals surface area contributed by atoms with E-state index in [1.807, 2.05) is 13.8 Å². The number of carbonyl (C=O) groups excluding carboxylic acids is 1. The molecule has 0 saturated heterocycles. The third-order valence-corrected chi connectivity index (χ3v) is 3.12. The summed E-state index contributed by atoms with van der Waals surface area (Å²) in [5, 5.41) is 2.81. The van der Waals surface area contributed by atoms with Gasteiger partial charge in [0.05, 0.1) is 5.54 Å². The molecule has 4 nitrogen and oxygen atoms in total. The maximum atomic E-state index is 11.8. The number of alkyl halides is 1. The molecule has 1 rings (SSSR count). The summed E-state index contributed by atoms with van der Waals surface area (Å²) < 4.78 is 0. The van der Waals surface area contributed by atoms with E-state index in [9.17, 15) is 9.59 Å². The van der Waals surface area contributed by atoms with Gasteiger partial charge in [0.1, 0.15) is 0 Å². The molecule has 0 aliphatic carbocycles. The summed E-state index contributed by atoms with van der Waals surface area (Å²) in [4.78, 5) is 25.3. The van der Waals surface area contributed by atoms with Gasteiger partial charge in [-0.15, -0.1) is 11.6 Å². The van der Waals surface area contributed by atoms with Crippen LogP contribution in [-0.4, -0.2) is 22.3 Å². The van der Waals surface area contributed by atoms with Crippen molar-refractivity contribution in [3.05, 3.63) is 34.2 Å². The van der Waals surface area contributed by atoms with E-state index >= 15 is 0 Å². The number of hydrogen-bond donors (Lipinski definition) is 2. The zero-order valence-electron chi connectivity index (χ0n) is 9.34. The number of amides is 1. The van der Waals surface area contributed by atoms with Crippen LogP contribution in [0.4, 0.5) is 0 Å². The Kier molecular flexibility index (Phi) is 4.12. The summed E-state index contributed by atoms with van der Waals surface area (Å²) in [5.74, 6) is 0.0504. The van der Waals surface area contributed by atoms with E-state index in [4.69, 9.17) is 11.6 Å². The molecule has 1 atom stereocenters. The summed E-state index contributed by atoms with van der Waals surface area (Å²) in [7, 11) is 0. The monoisotopic (exact) mass is 242 g/mol. The molecular weight excluding hydrogens is 228 g/mol. The Balaban J connectivity index is 2.84. The quantitative estimate of drug-likeness (QED) is 0.787. The normalized spacial score (nSPS) is 14.2. The van der Waals surface area contributed by atoms with E-state index in [1.165, 1.54) is 12.3 Å². The fourth-order valence-electron chi connectivity index (χ4n) is 1.15. The topological polar surface area (TPSA) is 62.0 Å². The Hall–Kier alpha value is -1.29. The highest BCUT2D eigenvalue weighted by atomic mass is 35.5. The van der Waals surface area contributed by atoms with Crippen molar-refractivity contribution in [1.82, 2.24) is 10.3 Å². The van der Waals surface area contributed by atoms with Crippen molar-refractivity contribution in [2.75, 3.05) is 5.88 Å². The first kappa shape index (κ1) is 12.8. The maximum Gasteiger partial charge on any atom is 0.251 e. The average molecular weight is 243 g/mol. The first-order valence-corrected chi connectivity index (χ1v) is 5.61. The van der Waals surface area contributed by atoms with Crippen molar-refractivity contribution < 1.29 is 4.79 Å². The average Bonchev–Trinajstić information content (AvgIpc) is 2.29. The first-order valence-electron chi connectivity index (χ1n) is 5.08. The zero-order valence-corrected chi connectivity index (χ0v) is 10.1. The summed E-state index contributed by atoms with van der Waals surface area (Å²) >= 11 is 5.79. The molecule has 0 aliphatic rings. The zero-order chi connectivity index (χ0) is 12.2. The highest BCUT2D eigenvalue weighted by Gasteiger charge is 2.23. The number of nitrogens with one attached hydrogen (secondary N) is 2. The molecule has 0 spiro atoms. The number of H-pyrrole nitrogens is 1. The van der Waals surface area contributed by atoms with Gasteiger partial charge in [-0.2, -0.15) is 0 Å². The molecule has 5 heteroatoms. The second-order valence-corrected chi connectivity index (χ2v) is 4.21. The van der Waals surface area contributed by atoms with Gasteiger partial charge in [0, 0.05) is 23.7 Å². The van der Waals surface area contributed by atoms with Crippen LogP contribution < -0.4 is 10.9 Å². The minimum Gasteiger partial charge on any atom is -0.346 e. The Morgan fingerprint density at radius 1 is 1.62 bits per heavy atom. The number of rotatable bonds is 4. The number of halogens is 1. The van der Waals surface area contributed by atoms with E-state index < -0.39 is 5.54 Å². The molecule has 0 radical (unpaired) electrons. The molecule has 1 aromatic heterocycles. The van der Waals surface area contributed by atoms with Gasteiger partial charge in [0.15, 0.2) is 0 Å². The van der Waals surface area contributed by atoms with Gasteiger partial charge < -0.3 is 10.3 Å². The van der Waals surface area contributed by atoms with Gasteiger partial charge in [0.25, 0.3) is 5.91 Å². The number of aromatic nitrogens is 1. The van der Waals surface area contributed by atoms with Gasteiger partial charge in [-0.1, -0.05) is 6.92 Å². The van der Waals surface area contributed by atoms with Crippen molar-refractivity contribution in [1.29, 1.82) is 0 Å². The molecule has 0 aliphatic heterocycles. The van der Waals surface area contributed by atoms with Crippen LogP contribution in [0.1, 0.15) is 30.6 Å². The highest BCUT2D eigenvalue weighted by molar-refractivity contribution is 6.18. The predicted molar refractivity (Wildman–Crippen MR) is 63.9 cm³/mol. The predicted octanol–water partition coefficient (Wildman–Crippen LogP) is 1.51. The molecule has 0 aromatic carbocycles. The third kappa shape index (κ3) is 3.10. The molecule has 0 fully saturated rings. The molecule has 1 aromatic rings. The van der Waals surface area contributed by atoms with Gasteiger partial charge in [-0.25, -0.2) is 0 Å². The van der Waals surface area contributed by atoms with E-state index in [-0.39, 0.29) is 11.5 Å². The number of carbonyl (C=O) groups is 1. The maximum absolute atomic E-state index is 11.8. The van der Waals surface area contributed by atoms with Crippen molar-refractivity contribution in [3.8, 4) is 0 Å². The minimum atomic E-state index is -0.443. The lowest BCUT2D eigenvalue weighted by Gasteiger charge is -2.26. The molecule has 1 unspecified atom stereocenters. The molecule has 0 saturated carbocycles. The standard InChI is InChI=1S/C11H15ClN2O2/c1-3-11(2,7-12)14-10(16)8-4-5-13-9(15)6-8/h4-6H,3,7H2,1-2H3,(H,13,15)(H,14,16). The summed E-state index contributed by atoms with van der Waals surface area (Å²) in [6.07, 6.45) is 2.17. The first-order chi connectivity index (χ1) is 7.50. The van der Waals surface area contributed by atoms with Gasteiger partial charge in [-0.3, -0.25) is 9.59 Å². The van der Waals surface area contributed by atoms with E-state index in [0.29, 0.717) is 11.4 Å². The fourth-order valence-corrected chi connectivity index (χ4v) is 1.40. The van der Waals surface area contributed by atoms with Crippen LogP contribution in [-0.2, 0) is 0 Å². The van der Waals surface area contributed by atoms with Crippen LogP contribution in [0.3, 0.4) is 0 Å².